The molecule has 2 atom stereocenters. The highest BCUT2D eigenvalue weighted by atomic mass is 16.6. The highest BCUT2D eigenvalue weighted by Gasteiger charge is 2.40. The van der Waals surface area contributed by atoms with Gasteiger partial charge in [0, 0.05) is 31.5 Å². The molecule has 152 valence electrons. The minimum atomic E-state index is -0.504. The molecule has 1 aliphatic carbocycles. The summed E-state index contributed by atoms with van der Waals surface area (Å²) in [4.78, 5) is 48.9. The van der Waals surface area contributed by atoms with Gasteiger partial charge in [0.05, 0.1) is 23.2 Å². The molecule has 9 heteroatoms. The predicted octanol–water partition coefficient (Wildman–Crippen LogP) is 0.671. The highest BCUT2D eigenvalue weighted by Crippen LogP contribution is 2.35. The molecule has 5 rings (SSSR count). The van der Waals surface area contributed by atoms with Crippen LogP contribution in [0.3, 0.4) is 0 Å². The molecular weight excluding hydrogens is 374 g/mol. The van der Waals surface area contributed by atoms with E-state index in [-0.39, 0.29) is 30.0 Å². The first-order valence-electron chi connectivity index (χ1n) is 10.1. The average Bonchev–Trinajstić information content (AvgIpc) is 3.09. The Hall–Kier alpha value is -3.10. The summed E-state index contributed by atoms with van der Waals surface area (Å²) in [7, 11) is 0. The second-order valence-corrected chi connectivity index (χ2v) is 8.13. The molecule has 0 bridgehead atoms. The quantitative estimate of drug-likeness (QED) is 0.687. The van der Waals surface area contributed by atoms with Crippen molar-refractivity contribution >= 4 is 28.6 Å². The number of hydrogen-bond acceptors (Lipinski definition) is 5. The van der Waals surface area contributed by atoms with Gasteiger partial charge in [0.25, 0.3) is 5.91 Å². The summed E-state index contributed by atoms with van der Waals surface area (Å²) in [5.74, 6) is 0.378. The molecule has 1 aromatic heterocycles. The van der Waals surface area contributed by atoms with Crippen LogP contribution in [0.2, 0.25) is 0 Å². The Morgan fingerprint density at radius 2 is 2.03 bits per heavy atom. The molecule has 1 unspecified atom stereocenters. The Balaban J connectivity index is 1.13. The maximum atomic E-state index is 12.7. The number of imidazole rings is 1. The van der Waals surface area contributed by atoms with E-state index in [9.17, 15) is 14.4 Å². The molecule has 2 amide bonds. The third-order valence-corrected chi connectivity index (χ3v) is 5.83. The van der Waals surface area contributed by atoms with E-state index in [1.165, 1.54) is 0 Å². The van der Waals surface area contributed by atoms with Crippen LogP contribution >= 0.6 is 0 Å². The molecule has 1 saturated heterocycles. The molecule has 2 aliphatic heterocycles. The van der Waals surface area contributed by atoms with Crippen LogP contribution in [0.25, 0.3) is 11.0 Å². The van der Waals surface area contributed by atoms with Crippen LogP contribution in [-0.4, -0.2) is 57.6 Å². The number of aromatic amines is 2. The third kappa shape index (κ3) is 3.76. The first-order chi connectivity index (χ1) is 14.0. The second kappa shape index (κ2) is 7.06. The molecule has 1 aromatic carbocycles. The first kappa shape index (κ1) is 18.0. The van der Waals surface area contributed by atoms with Crippen molar-refractivity contribution in [3.8, 4) is 0 Å². The van der Waals surface area contributed by atoms with Gasteiger partial charge in [-0.2, -0.15) is 0 Å². The number of carbonyl (C=O) groups excluding carboxylic acids is 2. The number of nitrogens with one attached hydrogen (secondary N) is 3. The van der Waals surface area contributed by atoms with Crippen molar-refractivity contribution in [3.05, 3.63) is 34.2 Å². The number of fused-ring (bicyclic) bond motifs is 1. The lowest BCUT2D eigenvalue weighted by atomic mass is 10.1. The fourth-order valence-corrected chi connectivity index (χ4v) is 4.12. The molecule has 3 N–H and O–H groups in total. The SMILES string of the molecule is O=C(Cc1ccc2[nH]c(=O)[nH]c2c1)N[C@H]1CCN(C(=O)C2CC(C3CC3)=NO2)C1. The summed E-state index contributed by atoms with van der Waals surface area (Å²) in [6.45, 7) is 1.10. The van der Waals surface area contributed by atoms with E-state index < -0.39 is 6.10 Å². The number of hydrogen-bond donors (Lipinski definition) is 3. The lowest BCUT2D eigenvalue weighted by Gasteiger charge is -2.19. The number of rotatable bonds is 5. The zero-order chi connectivity index (χ0) is 20.0. The van der Waals surface area contributed by atoms with E-state index in [0.29, 0.717) is 36.5 Å². The Kier molecular flexibility index (Phi) is 4.37. The number of nitrogens with zero attached hydrogens (tertiary/aromatic N) is 2. The highest BCUT2D eigenvalue weighted by molar-refractivity contribution is 5.95. The predicted molar refractivity (Wildman–Crippen MR) is 105 cm³/mol. The standard InChI is InChI=1S/C20H23N5O4/c26-18(8-11-1-4-14-16(7-11)23-20(28)22-14)21-13-5-6-25(10-13)19(27)17-9-15(24-29-17)12-2-3-12/h1,4,7,12-13,17H,2-3,5-6,8-10H2,(H,21,26)(H2,22,23,28)/t13-,17?/m0/s1. The van der Waals surface area contributed by atoms with Crippen molar-refractivity contribution in [1.29, 1.82) is 0 Å². The van der Waals surface area contributed by atoms with Gasteiger partial charge < -0.3 is 25.0 Å². The Labute approximate surface area is 166 Å². The number of benzene rings is 1. The van der Waals surface area contributed by atoms with Gasteiger partial charge >= 0.3 is 5.69 Å². The van der Waals surface area contributed by atoms with Crippen molar-refractivity contribution in [2.45, 2.75) is 44.2 Å². The van der Waals surface area contributed by atoms with Crippen LogP contribution in [-0.2, 0) is 20.8 Å². The number of oxime groups is 1. The second-order valence-electron chi connectivity index (χ2n) is 8.13. The summed E-state index contributed by atoms with van der Waals surface area (Å²) in [6.07, 6.45) is 3.33. The van der Waals surface area contributed by atoms with E-state index in [1.807, 2.05) is 6.07 Å². The third-order valence-electron chi connectivity index (χ3n) is 5.83. The van der Waals surface area contributed by atoms with Gasteiger partial charge in [0.1, 0.15) is 0 Å². The topological polar surface area (TPSA) is 120 Å². The number of likely N-dealkylation sites (tertiary alicyclic amines) is 1. The maximum Gasteiger partial charge on any atom is 0.323 e. The van der Waals surface area contributed by atoms with Crippen LogP contribution < -0.4 is 11.0 Å². The number of aromatic nitrogens is 2. The summed E-state index contributed by atoms with van der Waals surface area (Å²) < 4.78 is 0. The molecule has 1 saturated carbocycles. The van der Waals surface area contributed by atoms with E-state index in [2.05, 4.69) is 20.4 Å². The summed E-state index contributed by atoms with van der Waals surface area (Å²) in [5.41, 5.74) is 2.97. The summed E-state index contributed by atoms with van der Waals surface area (Å²) in [5, 5.41) is 7.10. The van der Waals surface area contributed by atoms with Crippen LogP contribution in [0.5, 0.6) is 0 Å². The monoisotopic (exact) mass is 397 g/mol. The molecule has 3 aliphatic rings. The zero-order valence-electron chi connectivity index (χ0n) is 15.9. The van der Waals surface area contributed by atoms with Gasteiger partial charge in [-0.05, 0) is 37.0 Å². The van der Waals surface area contributed by atoms with Gasteiger partial charge in [0.2, 0.25) is 12.0 Å². The van der Waals surface area contributed by atoms with Crippen molar-refractivity contribution in [3.63, 3.8) is 0 Å². The van der Waals surface area contributed by atoms with Crippen LogP contribution in [0.15, 0.2) is 28.1 Å². The molecule has 2 fully saturated rings. The Bertz CT molecular complexity index is 1050. The lowest BCUT2D eigenvalue weighted by Crippen LogP contribution is -2.42. The fraction of sp³-hybridized carbons (Fsp3) is 0.500. The molecule has 3 heterocycles. The van der Waals surface area contributed by atoms with Crippen molar-refractivity contribution in [2.75, 3.05) is 13.1 Å². The number of H-pyrrole nitrogens is 2. The number of carbonyl (C=O) groups is 2. The minimum absolute atomic E-state index is 0.0389. The zero-order valence-corrected chi connectivity index (χ0v) is 15.9. The fourth-order valence-electron chi connectivity index (χ4n) is 4.12. The smallest absolute Gasteiger partial charge is 0.323 e. The maximum absolute atomic E-state index is 12.7. The Morgan fingerprint density at radius 3 is 2.86 bits per heavy atom. The lowest BCUT2D eigenvalue weighted by molar-refractivity contribution is -0.141. The minimum Gasteiger partial charge on any atom is -0.382 e. The van der Waals surface area contributed by atoms with Crippen molar-refractivity contribution in [2.24, 2.45) is 11.1 Å². The largest absolute Gasteiger partial charge is 0.382 e. The van der Waals surface area contributed by atoms with E-state index in [1.54, 1.807) is 17.0 Å². The number of amides is 2. The molecule has 29 heavy (non-hydrogen) atoms. The van der Waals surface area contributed by atoms with Gasteiger partial charge in [0.15, 0.2) is 0 Å². The van der Waals surface area contributed by atoms with E-state index in [0.717, 1.165) is 30.5 Å². The average molecular weight is 397 g/mol. The van der Waals surface area contributed by atoms with Crippen molar-refractivity contribution in [1.82, 2.24) is 20.2 Å². The van der Waals surface area contributed by atoms with Gasteiger partial charge in [-0.25, -0.2) is 4.79 Å². The molecule has 9 nitrogen and oxygen atoms in total. The van der Waals surface area contributed by atoms with Crippen LogP contribution in [0, 0.1) is 5.92 Å². The first-order valence-corrected chi connectivity index (χ1v) is 10.1. The van der Waals surface area contributed by atoms with E-state index >= 15 is 0 Å². The normalized spacial score (nSPS) is 23.9. The van der Waals surface area contributed by atoms with Gasteiger partial charge in [-0.3, -0.25) is 9.59 Å². The van der Waals surface area contributed by atoms with E-state index in [4.69, 9.17) is 4.84 Å². The summed E-state index contributed by atoms with van der Waals surface area (Å²) in [6, 6.07) is 5.34. The van der Waals surface area contributed by atoms with Crippen LogP contribution in [0.1, 0.15) is 31.2 Å². The molecule has 2 aromatic rings. The molecular formula is C20H23N5O4. The van der Waals surface area contributed by atoms with Crippen molar-refractivity contribution < 1.29 is 14.4 Å². The van der Waals surface area contributed by atoms with Gasteiger partial charge in [-0.1, -0.05) is 11.2 Å². The Morgan fingerprint density at radius 1 is 1.21 bits per heavy atom. The molecule has 0 spiro atoms. The van der Waals surface area contributed by atoms with Gasteiger partial charge in [-0.15, -0.1) is 0 Å². The van der Waals surface area contributed by atoms with Crippen LogP contribution in [0.4, 0.5) is 0 Å². The molecule has 0 radical (unpaired) electrons. The summed E-state index contributed by atoms with van der Waals surface area (Å²) >= 11 is 0.